The summed E-state index contributed by atoms with van der Waals surface area (Å²) >= 11 is 5.86. The monoisotopic (exact) mass is 324 g/mol. The number of primary sulfonamides is 1. The zero-order valence-electron chi connectivity index (χ0n) is 10.9. The van der Waals surface area contributed by atoms with Crippen LogP contribution in [-0.4, -0.2) is 14.3 Å². The molecular weight excluding hydrogens is 312 g/mol. The highest BCUT2D eigenvalue weighted by atomic mass is 35.5. The molecule has 7 heteroatoms. The number of carbonyl (C=O) groups excluding carboxylic acids is 1. The van der Waals surface area contributed by atoms with Gasteiger partial charge in [-0.25, -0.2) is 13.6 Å². The molecule has 0 atom stereocenters. The molecule has 0 aliphatic heterocycles. The third kappa shape index (κ3) is 4.29. The van der Waals surface area contributed by atoms with Crippen molar-refractivity contribution in [2.45, 2.75) is 11.4 Å². The number of amides is 1. The van der Waals surface area contributed by atoms with Gasteiger partial charge in [-0.15, -0.1) is 0 Å². The van der Waals surface area contributed by atoms with E-state index >= 15 is 0 Å². The van der Waals surface area contributed by atoms with Gasteiger partial charge in [0.25, 0.3) is 5.91 Å². The van der Waals surface area contributed by atoms with Gasteiger partial charge < -0.3 is 5.32 Å². The largest absolute Gasteiger partial charge is 0.348 e. The summed E-state index contributed by atoms with van der Waals surface area (Å²) < 4.78 is 22.2. The van der Waals surface area contributed by atoms with Crippen molar-refractivity contribution in [2.75, 3.05) is 0 Å². The Bertz CT molecular complexity index is 758. The first kappa shape index (κ1) is 15.5. The van der Waals surface area contributed by atoms with Crippen LogP contribution in [0.5, 0.6) is 0 Å². The SMILES string of the molecule is NS(=O)(=O)c1ccc(C(=O)NCc2cccc(Cl)c2)cc1. The summed E-state index contributed by atoms with van der Waals surface area (Å²) in [6.45, 7) is 0.330. The lowest BCUT2D eigenvalue weighted by molar-refractivity contribution is 0.0951. The molecule has 3 N–H and O–H groups in total. The normalized spacial score (nSPS) is 11.1. The topological polar surface area (TPSA) is 89.3 Å². The average molecular weight is 325 g/mol. The second-order valence-electron chi connectivity index (χ2n) is 4.38. The van der Waals surface area contributed by atoms with Crippen LogP contribution in [0.25, 0.3) is 0 Å². The second kappa shape index (κ2) is 6.26. The van der Waals surface area contributed by atoms with Gasteiger partial charge in [-0.1, -0.05) is 23.7 Å². The highest BCUT2D eigenvalue weighted by Gasteiger charge is 2.10. The Hall–Kier alpha value is -1.89. The van der Waals surface area contributed by atoms with Crippen molar-refractivity contribution >= 4 is 27.5 Å². The maximum absolute atomic E-state index is 11.9. The number of benzene rings is 2. The Morgan fingerprint density at radius 1 is 1.14 bits per heavy atom. The minimum Gasteiger partial charge on any atom is -0.348 e. The van der Waals surface area contributed by atoms with Crippen LogP contribution in [0.2, 0.25) is 5.02 Å². The predicted octanol–water partition coefficient (Wildman–Crippen LogP) is 1.92. The lowest BCUT2D eigenvalue weighted by Gasteiger charge is -2.06. The Labute approximate surface area is 127 Å². The molecule has 2 aromatic rings. The number of sulfonamides is 1. The predicted molar refractivity (Wildman–Crippen MR) is 80.4 cm³/mol. The van der Waals surface area contributed by atoms with Crippen LogP contribution in [-0.2, 0) is 16.6 Å². The first-order valence-corrected chi connectivity index (χ1v) is 7.94. The second-order valence-corrected chi connectivity index (χ2v) is 6.38. The lowest BCUT2D eigenvalue weighted by Crippen LogP contribution is -2.23. The Morgan fingerprint density at radius 3 is 2.38 bits per heavy atom. The number of nitrogens with two attached hydrogens (primary N) is 1. The van der Waals surface area contributed by atoms with Gasteiger partial charge >= 0.3 is 0 Å². The maximum atomic E-state index is 11.9. The smallest absolute Gasteiger partial charge is 0.251 e. The highest BCUT2D eigenvalue weighted by Crippen LogP contribution is 2.11. The van der Waals surface area contributed by atoms with Crippen molar-refractivity contribution in [3.63, 3.8) is 0 Å². The summed E-state index contributed by atoms with van der Waals surface area (Å²) in [5.74, 6) is -0.309. The molecule has 0 bridgehead atoms. The van der Waals surface area contributed by atoms with Crippen molar-refractivity contribution in [1.82, 2.24) is 5.32 Å². The summed E-state index contributed by atoms with van der Waals surface area (Å²) in [7, 11) is -3.75. The molecule has 0 heterocycles. The number of carbonyl (C=O) groups is 1. The van der Waals surface area contributed by atoms with Crippen molar-refractivity contribution in [3.8, 4) is 0 Å². The van der Waals surface area contributed by atoms with E-state index in [0.717, 1.165) is 5.56 Å². The molecule has 21 heavy (non-hydrogen) atoms. The van der Waals surface area contributed by atoms with Crippen LogP contribution in [0, 0.1) is 0 Å². The summed E-state index contributed by atoms with van der Waals surface area (Å²) in [5, 5.41) is 8.31. The summed E-state index contributed by atoms with van der Waals surface area (Å²) in [6, 6.07) is 12.6. The molecular formula is C14H13ClN2O3S. The van der Waals surface area contributed by atoms with Gasteiger partial charge in [0.2, 0.25) is 10.0 Å². The Kier molecular flexibility index (Phi) is 4.62. The lowest BCUT2D eigenvalue weighted by atomic mass is 10.2. The molecule has 5 nitrogen and oxygen atoms in total. The number of halogens is 1. The van der Waals surface area contributed by atoms with Crippen LogP contribution < -0.4 is 10.5 Å². The van der Waals surface area contributed by atoms with Crippen molar-refractivity contribution in [1.29, 1.82) is 0 Å². The molecule has 0 aromatic heterocycles. The van der Waals surface area contributed by atoms with E-state index in [4.69, 9.17) is 16.7 Å². The molecule has 0 unspecified atom stereocenters. The van der Waals surface area contributed by atoms with Gasteiger partial charge in [0.15, 0.2) is 0 Å². The quantitative estimate of drug-likeness (QED) is 0.900. The van der Waals surface area contributed by atoms with E-state index in [2.05, 4.69) is 5.32 Å². The molecule has 0 aliphatic rings. The van der Waals surface area contributed by atoms with Crippen LogP contribution in [0.4, 0.5) is 0 Å². The molecule has 0 radical (unpaired) electrons. The molecule has 2 aromatic carbocycles. The van der Waals surface area contributed by atoms with E-state index in [-0.39, 0.29) is 10.8 Å². The molecule has 1 amide bonds. The molecule has 110 valence electrons. The standard InChI is InChI=1S/C14H13ClN2O3S/c15-12-3-1-2-10(8-12)9-17-14(18)11-4-6-13(7-5-11)21(16,19)20/h1-8H,9H2,(H,17,18)(H2,16,19,20). The van der Waals surface area contributed by atoms with E-state index in [9.17, 15) is 13.2 Å². The minimum absolute atomic E-state index is 0.0334. The fourth-order valence-electron chi connectivity index (χ4n) is 1.73. The summed E-state index contributed by atoms with van der Waals surface area (Å²) in [6.07, 6.45) is 0. The van der Waals surface area contributed by atoms with Crippen molar-refractivity contribution < 1.29 is 13.2 Å². The van der Waals surface area contributed by atoms with Crippen LogP contribution in [0.1, 0.15) is 15.9 Å². The molecule has 0 saturated heterocycles. The van der Waals surface area contributed by atoms with E-state index in [1.807, 2.05) is 6.07 Å². The summed E-state index contributed by atoms with van der Waals surface area (Å²) in [5.41, 5.74) is 1.22. The molecule has 0 saturated carbocycles. The third-order valence-corrected chi connectivity index (χ3v) is 3.95. The van der Waals surface area contributed by atoms with E-state index in [1.54, 1.807) is 18.2 Å². The Morgan fingerprint density at radius 2 is 1.81 bits per heavy atom. The highest BCUT2D eigenvalue weighted by molar-refractivity contribution is 7.89. The number of hydrogen-bond acceptors (Lipinski definition) is 3. The summed E-state index contributed by atoms with van der Waals surface area (Å²) in [4.78, 5) is 11.9. The van der Waals surface area contributed by atoms with Crippen molar-refractivity contribution in [2.24, 2.45) is 5.14 Å². The minimum atomic E-state index is -3.75. The van der Waals surface area contributed by atoms with Crippen LogP contribution in [0.15, 0.2) is 53.4 Å². The van der Waals surface area contributed by atoms with Gasteiger partial charge in [-0.05, 0) is 42.0 Å². The van der Waals surface area contributed by atoms with Crippen molar-refractivity contribution in [3.05, 3.63) is 64.7 Å². The van der Waals surface area contributed by atoms with Gasteiger partial charge in [0, 0.05) is 17.1 Å². The van der Waals surface area contributed by atoms with E-state index in [1.165, 1.54) is 24.3 Å². The molecule has 0 spiro atoms. The van der Waals surface area contributed by atoms with Gasteiger partial charge in [0.05, 0.1) is 4.90 Å². The van der Waals surface area contributed by atoms with E-state index in [0.29, 0.717) is 17.1 Å². The number of nitrogens with one attached hydrogen (secondary N) is 1. The number of hydrogen-bond donors (Lipinski definition) is 2. The molecule has 2 rings (SSSR count). The number of rotatable bonds is 4. The molecule has 0 fully saturated rings. The molecule has 0 aliphatic carbocycles. The zero-order chi connectivity index (χ0) is 15.5. The third-order valence-electron chi connectivity index (χ3n) is 2.79. The van der Waals surface area contributed by atoms with Gasteiger partial charge in [-0.2, -0.15) is 0 Å². The first-order valence-electron chi connectivity index (χ1n) is 6.02. The Balaban J connectivity index is 2.04. The maximum Gasteiger partial charge on any atom is 0.251 e. The zero-order valence-corrected chi connectivity index (χ0v) is 12.5. The van der Waals surface area contributed by atoms with Crippen LogP contribution >= 0.6 is 11.6 Å². The van der Waals surface area contributed by atoms with Gasteiger partial charge in [-0.3, -0.25) is 4.79 Å². The fourth-order valence-corrected chi connectivity index (χ4v) is 2.46. The van der Waals surface area contributed by atoms with Crippen LogP contribution in [0.3, 0.4) is 0 Å². The van der Waals surface area contributed by atoms with E-state index < -0.39 is 10.0 Å². The average Bonchev–Trinajstić information content (AvgIpc) is 2.44. The fraction of sp³-hybridized carbons (Fsp3) is 0.0714. The first-order chi connectivity index (χ1) is 9.86. The van der Waals surface area contributed by atoms with Gasteiger partial charge in [0.1, 0.15) is 0 Å².